The molecule has 0 aliphatic carbocycles. The molecule has 0 aromatic heterocycles. The molecule has 4 heteroatoms. The standard InChI is InChI=1S/C14H22N4/c1-11(2)10-16-14(15)18-9-8-17(3)12-6-4-5-7-13(12)18/h4-7,11H,8-10H2,1-3H3,(H2,15,16). The van der Waals surface area contributed by atoms with Gasteiger partial charge in [0.1, 0.15) is 0 Å². The van der Waals surface area contributed by atoms with Crippen molar-refractivity contribution in [1.82, 2.24) is 0 Å². The normalized spacial score (nSPS) is 16.1. The third-order valence-corrected chi connectivity index (χ3v) is 3.14. The summed E-state index contributed by atoms with van der Waals surface area (Å²) in [5, 5.41) is 0. The fourth-order valence-electron chi connectivity index (χ4n) is 2.11. The zero-order chi connectivity index (χ0) is 13.1. The SMILES string of the molecule is CC(C)CN=C(N)N1CCN(C)c2ccccc21. The molecule has 4 nitrogen and oxygen atoms in total. The Balaban J connectivity index is 2.26. The van der Waals surface area contributed by atoms with Gasteiger partial charge in [-0.3, -0.25) is 4.99 Å². The molecule has 0 atom stereocenters. The lowest BCUT2D eigenvalue weighted by molar-refractivity contribution is 0.663. The predicted molar refractivity (Wildman–Crippen MR) is 78.4 cm³/mol. The van der Waals surface area contributed by atoms with E-state index in [1.807, 2.05) is 6.07 Å². The van der Waals surface area contributed by atoms with E-state index in [1.165, 1.54) is 5.69 Å². The second-order valence-corrected chi connectivity index (χ2v) is 5.15. The van der Waals surface area contributed by atoms with Gasteiger partial charge < -0.3 is 15.5 Å². The van der Waals surface area contributed by atoms with Crippen LogP contribution in [0.3, 0.4) is 0 Å². The predicted octanol–water partition coefficient (Wildman–Crippen LogP) is 1.91. The summed E-state index contributed by atoms with van der Waals surface area (Å²) in [6.45, 7) is 6.93. The first-order chi connectivity index (χ1) is 8.59. The summed E-state index contributed by atoms with van der Waals surface area (Å²) < 4.78 is 0. The molecule has 0 unspecified atom stereocenters. The number of aliphatic imine (C=N–C) groups is 1. The number of fused-ring (bicyclic) bond motifs is 1. The monoisotopic (exact) mass is 246 g/mol. The Kier molecular flexibility index (Phi) is 3.75. The number of benzene rings is 1. The van der Waals surface area contributed by atoms with Crippen LogP contribution in [0.4, 0.5) is 11.4 Å². The molecular weight excluding hydrogens is 224 g/mol. The van der Waals surface area contributed by atoms with Crippen LogP contribution in [0.25, 0.3) is 0 Å². The Morgan fingerprint density at radius 2 is 1.94 bits per heavy atom. The summed E-state index contributed by atoms with van der Waals surface area (Å²) in [5.41, 5.74) is 8.48. The van der Waals surface area contributed by atoms with Gasteiger partial charge in [-0.05, 0) is 18.1 Å². The van der Waals surface area contributed by atoms with E-state index >= 15 is 0 Å². The fourth-order valence-corrected chi connectivity index (χ4v) is 2.11. The van der Waals surface area contributed by atoms with E-state index in [9.17, 15) is 0 Å². The molecule has 1 aromatic carbocycles. The van der Waals surface area contributed by atoms with Crippen LogP contribution in [0, 0.1) is 5.92 Å². The van der Waals surface area contributed by atoms with Gasteiger partial charge in [-0.15, -0.1) is 0 Å². The third-order valence-electron chi connectivity index (χ3n) is 3.14. The smallest absolute Gasteiger partial charge is 0.195 e. The molecule has 1 aliphatic rings. The summed E-state index contributed by atoms with van der Waals surface area (Å²) in [6, 6.07) is 8.32. The maximum atomic E-state index is 6.11. The minimum Gasteiger partial charge on any atom is -0.371 e. The number of hydrogen-bond donors (Lipinski definition) is 1. The number of anilines is 2. The molecule has 0 spiro atoms. The average molecular weight is 246 g/mol. The van der Waals surface area contributed by atoms with E-state index in [-0.39, 0.29) is 0 Å². The second-order valence-electron chi connectivity index (χ2n) is 5.15. The maximum absolute atomic E-state index is 6.11. The van der Waals surface area contributed by atoms with E-state index < -0.39 is 0 Å². The lowest BCUT2D eigenvalue weighted by Gasteiger charge is -2.36. The molecule has 1 heterocycles. The topological polar surface area (TPSA) is 44.9 Å². The van der Waals surface area contributed by atoms with Gasteiger partial charge in [-0.2, -0.15) is 0 Å². The second kappa shape index (κ2) is 5.29. The molecule has 18 heavy (non-hydrogen) atoms. The van der Waals surface area contributed by atoms with Crippen LogP contribution in [0.1, 0.15) is 13.8 Å². The lowest BCUT2D eigenvalue weighted by atomic mass is 10.2. The van der Waals surface area contributed by atoms with Crippen LogP contribution in [-0.4, -0.2) is 32.6 Å². The van der Waals surface area contributed by atoms with Crippen molar-refractivity contribution in [3.63, 3.8) is 0 Å². The van der Waals surface area contributed by atoms with Crippen molar-refractivity contribution >= 4 is 17.3 Å². The van der Waals surface area contributed by atoms with Gasteiger partial charge in [-0.1, -0.05) is 26.0 Å². The minimum atomic E-state index is 0.534. The first-order valence-corrected chi connectivity index (χ1v) is 6.47. The molecular formula is C14H22N4. The molecule has 0 amide bonds. The zero-order valence-corrected chi connectivity index (χ0v) is 11.4. The van der Waals surface area contributed by atoms with Crippen molar-refractivity contribution in [2.75, 3.05) is 36.5 Å². The summed E-state index contributed by atoms with van der Waals surface area (Å²) in [7, 11) is 2.11. The summed E-state index contributed by atoms with van der Waals surface area (Å²) in [5.74, 6) is 1.16. The van der Waals surface area contributed by atoms with E-state index in [0.29, 0.717) is 11.9 Å². The van der Waals surface area contributed by atoms with Crippen LogP contribution < -0.4 is 15.5 Å². The number of nitrogens with zero attached hydrogens (tertiary/aromatic N) is 3. The first-order valence-electron chi connectivity index (χ1n) is 6.47. The van der Waals surface area contributed by atoms with Gasteiger partial charge in [0.2, 0.25) is 0 Å². The Labute approximate surface area is 109 Å². The van der Waals surface area contributed by atoms with Gasteiger partial charge >= 0.3 is 0 Å². The Morgan fingerprint density at radius 1 is 1.28 bits per heavy atom. The minimum absolute atomic E-state index is 0.534. The first kappa shape index (κ1) is 12.7. The Morgan fingerprint density at radius 3 is 2.61 bits per heavy atom. The average Bonchev–Trinajstić information content (AvgIpc) is 2.37. The molecule has 0 saturated heterocycles. The number of hydrogen-bond acceptors (Lipinski definition) is 2. The molecule has 2 rings (SSSR count). The van der Waals surface area contributed by atoms with Crippen LogP contribution in [-0.2, 0) is 0 Å². The highest BCUT2D eigenvalue weighted by molar-refractivity contribution is 5.99. The zero-order valence-electron chi connectivity index (χ0n) is 11.4. The molecule has 98 valence electrons. The van der Waals surface area contributed by atoms with Gasteiger partial charge in [0.15, 0.2) is 5.96 Å². The van der Waals surface area contributed by atoms with Crippen molar-refractivity contribution in [2.24, 2.45) is 16.6 Å². The lowest BCUT2D eigenvalue weighted by Crippen LogP contribution is -2.46. The highest BCUT2D eigenvalue weighted by Gasteiger charge is 2.21. The van der Waals surface area contributed by atoms with Gasteiger partial charge in [-0.25, -0.2) is 0 Å². The number of likely N-dealkylation sites (N-methyl/N-ethyl adjacent to an activating group) is 1. The quantitative estimate of drug-likeness (QED) is 0.640. The van der Waals surface area contributed by atoms with Crippen molar-refractivity contribution in [3.8, 4) is 0 Å². The Hall–Kier alpha value is -1.71. The molecule has 2 N–H and O–H groups in total. The highest BCUT2D eigenvalue weighted by Crippen LogP contribution is 2.31. The molecule has 0 radical (unpaired) electrons. The van der Waals surface area contributed by atoms with E-state index in [1.54, 1.807) is 0 Å². The highest BCUT2D eigenvalue weighted by atomic mass is 15.3. The molecule has 1 aromatic rings. The summed E-state index contributed by atoms with van der Waals surface area (Å²) in [4.78, 5) is 8.83. The molecule has 1 aliphatic heterocycles. The van der Waals surface area contributed by atoms with E-state index in [4.69, 9.17) is 5.73 Å². The maximum Gasteiger partial charge on any atom is 0.195 e. The Bertz CT molecular complexity index is 439. The van der Waals surface area contributed by atoms with Crippen molar-refractivity contribution < 1.29 is 0 Å². The summed E-state index contributed by atoms with van der Waals surface area (Å²) >= 11 is 0. The molecule has 0 saturated carbocycles. The molecule has 0 fully saturated rings. The largest absolute Gasteiger partial charge is 0.371 e. The van der Waals surface area contributed by atoms with Crippen molar-refractivity contribution in [3.05, 3.63) is 24.3 Å². The fraction of sp³-hybridized carbons (Fsp3) is 0.500. The van der Waals surface area contributed by atoms with Gasteiger partial charge in [0, 0.05) is 26.7 Å². The van der Waals surface area contributed by atoms with E-state index in [2.05, 4.69) is 53.9 Å². The number of para-hydroxylation sites is 2. The van der Waals surface area contributed by atoms with E-state index in [0.717, 1.165) is 25.3 Å². The van der Waals surface area contributed by atoms with Crippen molar-refractivity contribution in [1.29, 1.82) is 0 Å². The number of nitrogens with two attached hydrogens (primary N) is 1. The van der Waals surface area contributed by atoms with Crippen LogP contribution in [0.15, 0.2) is 29.3 Å². The van der Waals surface area contributed by atoms with Crippen LogP contribution in [0.5, 0.6) is 0 Å². The molecule has 0 bridgehead atoms. The number of rotatable bonds is 2. The third kappa shape index (κ3) is 2.58. The van der Waals surface area contributed by atoms with Crippen molar-refractivity contribution in [2.45, 2.75) is 13.8 Å². The van der Waals surface area contributed by atoms with Crippen LogP contribution >= 0.6 is 0 Å². The number of guanidine groups is 1. The van der Waals surface area contributed by atoms with Crippen LogP contribution in [0.2, 0.25) is 0 Å². The van der Waals surface area contributed by atoms with Gasteiger partial charge in [0.25, 0.3) is 0 Å². The summed E-state index contributed by atoms with van der Waals surface area (Å²) in [6.07, 6.45) is 0. The van der Waals surface area contributed by atoms with Gasteiger partial charge in [0.05, 0.1) is 11.4 Å².